The van der Waals surface area contributed by atoms with Crippen molar-refractivity contribution in [2.24, 2.45) is 0 Å². The number of benzene rings is 2. The first-order valence-corrected chi connectivity index (χ1v) is 8.11. The highest BCUT2D eigenvalue weighted by Crippen LogP contribution is 2.16. The maximum absolute atomic E-state index is 9.48. The lowest BCUT2D eigenvalue weighted by atomic mass is 10.1. The molecule has 3 rings (SSSR count). The number of nitrogens with zero attached hydrogens (tertiary/aromatic N) is 2. The molecule has 0 radical (unpaired) electrons. The van der Waals surface area contributed by atoms with Gasteiger partial charge >= 0.3 is 0 Å². The molecule has 0 atom stereocenters. The number of hydrogen-bond donors (Lipinski definition) is 1. The smallest absolute Gasteiger partial charge is 0.115 e. The number of para-hydroxylation sites is 1. The van der Waals surface area contributed by atoms with Gasteiger partial charge in [0.1, 0.15) is 5.75 Å². The van der Waals surface area contributed by atoms with E-state index in [1.165, 1.54) is 11.3 Å². The van der Waals surface area contributed by atoms with Crippen LogP contribution >= 0.6 is 12.4 Å². The number of aromatic hydroxyl groups is 1. The van der Waals surface area contributed by atoms with E-state index in [-0.39, 0.29) is 12.4 Å². The molecular formula is C19H25ClN2O. The van der Waals surface area contributed by atoms with Crippen LogP contribution in [-0.4, -0.2) is 42.7 Å². The molecule has 23 heavy (non-hydrogen) atoms. The van der Waals surface area contributed by atoms with Crippen molar-refractivity contribution in [1.29, 1.82) is 0 Å². The molecule has 0 unspecified atom stereocenters. The topological polar surface area (TPSA) is 26.7 Å². The Bertz CT molecular complexity index is 583. The van der Waals surface area contributed by atoms with Crippen LogP contribution in [0.5, 0.6) is 5.75 Å². The summed E-state index contributed by atoms with van der Waals surface area (Å²) in [5.41, 5.74) is 2.56. The SMILES string of the molecule is Cl.Oc1cccc(CCCN2CCN(c3ccccc3)CC2)c1. The number of piperazine rings is 1. The van der Waals surface area contributed by atoms with Crippen LogP contribution in [0.2, 0.25) is 0 Å². The Balaban J connectivity index is 0.00000192. The fourth-order valence-corrected chi connectivity index (χ4v) is 3.09. The van der Waals surface area contributed by atoms with E-state index in [9.17, 15) is 5.11 Å². The maximum atomic E-state index is 9.48. The Labute approximate surface area is 145 Å². The number of hydrogen-bond acceptors (Lipinski definition) is 3. The zero-order valence-corrected chi connectivity index (χ0v) is 14.2. The number of phenolic OH excluding ortho intramolecular Hbond substituents is 1. The lowest BCUT2D eigenvalue weighted by Gasteiger charge is -2.36. The van der Waals surface area contributed by atoms with Crippen LogP contribution < -0.4 is 4.90 Å². The molecule has 0 bridgehead atoms. The van der Waals surface area contributed by atoms with Crippen LogP contribution in [0.4, 0.5) is 5.69 Å². The molecule has 0 aliphatic carbocycles. The van der Waals surface area contributed by atoms with E-state index in [2.05, 4.69) is 46.2 Å². The summed E-state index contributed by atoms with van der Waals surface area (Å²) in [6.07, 6.45) is 2.18. The van der Waals surface area contributed by atoms with Crippen molar-refractivity contribution < 1.29 is 5.11 Å². The van der Waals surface area contributed by atoms with Gasteiger partial charge in [0.05, 0.1) is 0 Å². The minimum absolute atomic E-state index is 0. The normalized spacial score (nSPS) is 15.2. The Hall–Kier alpha value is -1.71. The molecule has 2 aromatic carbocycles. The summed E-state index contributed by atoms with van der Waals surface area (Å²) in [5, 5.41) is 9.48. The molecule has 124 valence electrons. The van der Waals surface area contributed by atoms with Crippen molar-refractivity contribution in [3.05, 3.63) is 60.2 Å². The van der Waals surface area contributed by atoms with Crippen LogP contribution in [0.1, 0.15) is 12.0 Å². The Morgan fingerprint density at radius 3 is 2.30 bits per heavy atom. The Morgan fingerprint density at radius 1 is 0.870 bits per heavy atom. The summed E-state index contributed by atoms with van der Waals surface area (Å²) in [4.78, 5) is 5.01. The zero-order chi connectivity index (χ0) is 15.2. The zero-order valence-electron chi connectivity index (χ0n) is 13.4. The highest BCUT2D eigenvalue weighted by atomic mass is 35.5. The molecule has 0 aromatic heterocycles. The van der Waals surface area contributed by atoms with Gasteiger partial charge in [-0.2, -0.15) is 0 Å². The van der Waals surface area contributed by atoms with Crippen LogP contribution in [0.15, 0.2) is 54.6 Å². The van der Waals surface area contributed by atoms with E-state index >= 15 is 0 Å². The number of anilines is 1. The molecule has 1 aliphatic rings. The summed E-state index contributed by atoms with van der Waals surface area (Å²) in [6, 6.07) is 18.3. The molecule has 1 heterocycles. The van der Waals surface area contributed by atoms with E-state index in [4.69, 9.17) is 0 Å². The fraction of sp³-hybridized carbons (Fsp3) is 0.368. The van der Waals surface area contributed by atoms with Gasteiger partial charge in [-0.15, -0.1) is 12.4 Å². The van der Waals surface area contributed by atoms with Gasteiger partial charge in [0, 0.05) is 31.9 Å². The molecular weight excluding hydrogens is 308 g/mol. The molecule has 1 N–H and O–H groups in total. The quantitative estimate of drug-likeness (QED) is 0.906. The molecule has 3 nitrogen and oxygen atoms in total. The molecule has 0 saturated carbocycles. The first-order valence-electron chi connectivity index (χ1n) is 8.11. The van der Waals surface area contributed by atoms with E-state index in [0.29, 0.717) is 5.75 Å². The Morgan fingerprint density at radius 2 is 1.61 bits per heavy atom. The number of phenols is 1. The van der Waals surface area contributed by atoms with Gasteiger partial charge in [-0.3, -0.25) is 4.90 Å². The third-order valence-corrected chi connectivity index (χ3v) is 4.34. The minimum Gasteiger partial charge on any atom is -0.508 e. The molecule has 4 heteroatoms. The third kappa shape index (κ3) is 5.15. The second-order valence-corrected chi connectivity index (χ2v) is 5.94. The van der Waals surface area contributed by atoms with E-state index in [1.54, 1.807) is 6.07 Å². The summed E-state index contributed by atoms with van der Waals surface area (Å²) in [5.74, 6) is 0.369. The average Bonchev–Trinajstić information content (AvgIpc) is 2.56. The first-order chi connectivity index (χ1) is 10.8. The lowest BCUT2D eigenvalue weighted by Crippen LogP contribution is -2.46. The largest absolute Gasteiger partial charge is 0.508 e. The molecule has 1 aliphatic heterocycles. The molecule has 2 aromatic rings. The molecule has 1 saturated heterocycles. The van der Waals surface area contributed by atoms with Gasteiger partial charge in [0.25, 0.3) is 0 Å². The summed E-state index contributed by atoms with van der Waals surface area (Å²) >= 11 is 0. The van der Waals surface area contributed by atoms with Crippen molar-refractivity contribution >= 4 is 18.1 Å². The number of rotatable bonds is 5. The van der Waals surface area contributed by atoms with Crippen molar-refractivity contribution in [1.82, 2.24) is 4.90 Å². The molecule has 0 spiro atoms. The van der Waals surface area contributed by atoms with Crippen molar-refractivity contribution in [3.63, 3.8) is 0 Å². The predicted molar refractivity (Wildman–Crippen MR) is 98.8 cm³/mol. The maximum Gasteiger partial charge on any atom is 0.115 e. The van der Waals surface area contributed by atoms with Crippen LogP contribution in [0.25, 0.3) is 0 Å². The highest BCUT2D eigenvalue weighted by Gasteiger charge is 2.16. The third-order valence-electron chi connectivity index (χ3n) is 4.34. The number of halogens is 1. The second kappa shape index (κ2) is 8.80. The first kappa shape index (κ1) is 17.6. The average molecular weight is 333 g/mol. The standard InChI is InChI=1S/C19H24N2O.ClH/c22-19-10-4-6-17(16-19)7-5-11-20-12-14-21(15-13-20)18-8-2-1-3-9-18;/h1-4,6,8-10,16,22H,5,7,11-15H2;1H. The van der Waals surface area contributed by atoms with Gasteiger partial charge < -0.3 is 10.0 Å². The monoisotopic (exact) mass is 332 g/mol. The van der Waals surface area contributed by atoms with Gasteiger partial charge in [0.15, 0.2) is 0 Å². The summed E-state index contributed by atoms with van der Waals surface area (Å²) in [6.45, 7) is 5.62. The van der Waals surface area contributed by atoms with E-state index in [0.717, 1.165) is 45.6 Å². The Kier molecular flexibility index (Phi) is 6.75. The van der Waals surface area contributed by atoms with Gasteiger partial charge in [-0.05, 0) is 49.2 Å². The van der Waals surface area contributed by atoms with E-state index < -0.39 is 0 Å². The predicted octanol–water partition coefficient (Wildman–Crippen LogP) is 3.57. The minimum atomic E-state index is 0. The van der Waals surface area contributed by atoms with Gasteiger partial charge in [-0.1, -0.05) is 30.3 Å². The van der Waals surface area contributed by atoms with Crippen molar-refractivity contribution in [2.45, 2.75) is 12.8 Å². The van der Waals surface area contributed by atoms with Crippen LogP contribution in [-0.2, 0) is 6.42 Å². The number of aryl methyl sites for hydroxylation is 1. The lowest BCUT2D eigenvalue weighted by molar-refractivity contribution is 0.255. The van der Waals surface area contributed by atoms with Crippen LogP contribution in [0.3, 0.4) is 0 Å². The van der Waals surface area contributed by atoms with E-state index in [1.807, 2.05) is 12.1 Å². The molecule has 1 fully saturated rings. The van der Waals surface area contributed by atoms with Crippen LogP contribution in [0, 0.1) is 0 Å². The van der Waals surface area contributed by atoms with Gasteiger partial charge in [0.2, 0.25) is 0 Å². The second-order valence-electron chi connectivity index (χ2n) is 5.94. The molecule has 0 amide bonds. The highest BCUT2D eigenvalue weighted by molar-refractivity contribution is 5.85. The van der Waals surface area contributed by atoms with Gasteiger partial charge in [-0.25, -0.2) is 0 Å². The van der Waals surface area contributed by atoms with Crippen molar-refractivity contribution in [2.75, 3.05) is 37.6 Å². The van der Waals surface area contributed by atoms with Crippen molar-refractivity contribution in [3.8, 4) is 5.75 Å². The fourth-order valence-electron chi connectivity index (χ4n) is 3.09. The summed E-state index contributed by atoms with van der Waals surface area (Å²) < 4.78 is 0. The summed E-state index contributed by atoms with van der Waals surface area (Å²) in [7, 11) is 0.